The van der Waals surface area contributed by atoms with Gasteiger partial charge in [-0.2, -0.15) is 0 Å². The van der Waals surface area contributed by atoms with Crippen molar-refractivity contribution in [3.63, 3.8) is 0 Å². The molecule has 0 aliphatic heterocycles. The zero-order chi connectivity index (χ0) is 13.2. The molecule has 0 amide bonds. The minimum Gasteiger partial charge on any atom is -0.508 e. The quantitative estimate of drug-likeness (QED) is 0.826. The highest BCUT2D eigenvalue weighted by atomic mass is 16.3. The second-order valence-electron chi connectivity index (χ2n) is 5.87. The van der Waals surface area contributed by atoms with E-state index in [1.165, 1.54) is 31.2 Å². The molecule has 2 heteroatoms. The Kier molecular flexibility index (Phi) is 3.96. The summed E-state index contributed by atoms with van der Waals surface area (Å²) in [6.45, 7) is 7.55. The van der Waals surface area contributed by atoms with Gasteiger partial charge in [0.15, 0.2) is 0 Å². The zero-order valence-corrected chi connectivity index (χ0v) is 11.8. The van der Waals surface area contributed by atoms with Crippen LogP contribution in [0.5, 0.6) is 5.75 Å². The Morgan fingerprint density at radius 3 is 2.67 bits per heavy atom. The van der Waals surface area contributed by atoms with E-state index in [0.717, 1.165) is 12.1 Å². The lowest BCUT2D eigenvalue weighted by Crippen LogP contribution is -2.40. The van der Waals surface area contributed by atoms with Gasteiger partial charge >= 0.3 is 0 Å². The molecule has 0 saturated heterocycles. The Morgan fingerprint density at radius 2 is 2.11 bits per heavy atom. The smallest absolute Gasteiger partial charge is 0.120 e. The Balaban J connectivity index is 1.99. The first-order chi connectivity index (χ1) is 8.56. The van der Waals surface area contributed by atoms with Crippen LogP contribution < -0.4 is 5.32 Å². The molecule has 100 valence electrons. The molecular formula is C16H25NO. The average Bonchev–Trinajstić information content (AvgIpc) is 2.31. The summed E-state index contributed by atoms with van der Waals surface area (Å²) in [5, 5.41) is 13.5. The van der Waals surface area contributed by atoms with Crippen molar-refractivity contribution in [1.29, 1.82) is 0 Å². The van der Waals surface area contributed by atoms with Crippen molar-refractivity contribution in [3.8, 4) is 5.75 Å². The number of phenolic OH excluding ortho intramolecular Hbond substituents is 1. The van der Waals surface area contributed by atoms with Gasteiger partial charge in [-0.3, -0.25) is 0 Å². The van der Waals surface area contributed by atoms with Crippen LogP contribution in [0.15, 0.2) is 18.2 Å². The van der Waals surface area contributed by atoms with E-state index in [4.69, 9.17) is 0 Å². The van der Waals surface area contributed by atoms with E-state index in [0.29, 0.717) is 11.2 Å². The van der Waals surface area contributed by atoms with Crippen LogP contribution in [-0.2, 0) is 0 Å². The SMILES string of the molecule is CCC1(CNC(C)c2cc(C)ccc2O)CCC1. The summed E-state index contributed by atoms with van der Waals surface area (Å²) in [5.41, 5.74) is 2.74. The highest BCUT2D eigenvalue weighted by molar-refractivity contribution is 5.37. The molecule has 18 heavy (non-hydrogen) atoms. The van der Waals surface area contributed by atoms with Crippen LogP contribution in [0.1, 0.15) is 56.7 Å². The largest absolute Gasteiger partial charge is 0.508 e. The van der Waals surface area contributed by atoms with E-state index >= 15 is 0 Å². The van der Waals surface area contributed by atoms with E-state index in [1.807, 2.05) is 6.07 Å². The van der Waals surface area contributed by atoms with Gasteiger partial charge in [0, 0.05) is 18.2 Å². The number of rotatable bonds is 5. The normalized spacial score (nSPS) is 19.3. The molecule has 2 N–H and O–H groups in total. The van der Waals surface area contributed by atoms with E-state index in [-0.39, 0.29) is 6.04 Å². The van der Waals surface area contributed by atoms with Crippen LogP contribution in [0.25, 0.3) is 0 Å². The van der Waals surface area contributed by atoms with Gasteiger partial charge in [-0.15, -0.1) is 0 Å². The minimum absolute atomic E-state index is 0.217. The molecule has 0 radical (unpaired) electrons. The fourth-order valence-corrected chi connectivity index (χ4v) is 2.83. The maximum absolute atomic E-state index is 9.92. The van der Waals surface area contributed by atoms with Crippen LogP contribution in [-0.4, -0.2) is 11.7 Å². The molecule has 1 unspecified atom stereocenters. The molecule has 1 aliphatic carbocycles. The van der Waals surface area contributed by atoms with E-state index in [9.17, 15) is 5.11 Å². The number of hydrogen-bond donors (Lipinski definition) is 2. The van der Waals surface area contributed by atoms with Crippen LogP contribution in [0.2, 0.25) is 0 Å². The lowest BCUT2D eigenvalue weighted by atomic mass is 9.67. The summed E-state index contributed by atoms with van der Waals surface area (Å²) in [5.74, 6) is 0.403. The predicted molar refractivity (Wildman–Crippen MR) is 75.8 cm³/mol. The molecular weight excluding hydrogens is 222 g/mol. The third-order valence-electron chi connectivity index (χ3n) is 4.60. The Hall–Kier alpha value is -1.02. The number of nitrogens with one attached hydrogen (secondary N) is 1. The van der Waals surface area contributed by atoms with Gasteiger partial charge in [-0.05, 0) is 44.6 Å². The first kappa shape index (κ1) is 13.4. The van der Waals surface area contributed by atoms with Gasteiger partial charge in [0.1, 0.15) is 5.75 Å². The standard InChI is InChI=1S/C16H25NO/c1-4-16(8-5-9-16)11-17-13(3)14-10-12(2)6-7-15(14)18/h6-7,10,13,17-18H,4-5,8-9,11H2,1-3H3. The predicted octanol–water partition coefficient (Wildman–Crippen LogP) is 3.93. The van der Waals surface area contributed by atoms with Gasteiger partial charge in [0.05, 0.1) is 0 Å². The fraction of sp³-hybridized carbons (Fsp3) is 0.625. The Labute approximate surface area is 110 Å². The van der Waals surface area contributed by atoms with Crippen molar-refractivity contribution in [1.82, 2.24) is 5.32 Å². The maximum Gasteiger partial charge on any atom is 0.120 e. The number of phenols is 1. The third kappa shape index (κ3) is 2.69. The summed E-state index contributed by atoms with van der Waals surface area (Å²) in [6.07, 6.45) is 5.33. The van der Waals surface area contributed by atoms with Crippen LogP contribution in [0.4, 0.5) is 0 Å². The molecule has 1 fully saturated rings. The molecule has 1 aromatic rings. The van der Waals surface area contributed by atoms with Gasteiger partial charge in [-0.25, -0.2) is 0 Å². The van der Waals surface area contributed by atoms with E-state index < -0.39 is 0 Å². The van der Waals surface area contributed by atoms with Crippen molar-refractivity contribution in [2.24, 2.45) is 5.41 Å². The first-order valence-electron chi connectivity index (χ1n) is 7.09. The van der Waals surface area contributed by atoms with Gasteiger partial charge in [0.2, 0.25) is 0 Å². The second-order valence-corrected chi connectivity index (χ2v) is 5.87. The molecule has 0 heterocycles. The van der Waals surface area contributed by atoms with Crippen molar-refractivity contribution in [3.05, 3.63) is 29.3 Å². The lowest BCUT2D eigenvalue weighted by Gasteiger charge is -2.42. The molecule has 2 nitrogen and oxygen atoms in total. The third-order valence-corrected chi connectivity index (χ3v) is 4.60. The Morgan fingerprint density at radius 1 is 1.39 bits per heavy atom. The fourth-order valence-electron chi connectivity index (χ4n) is 2.83. The number of hydrogen-bond acceptors (Lipinski definition) is 2. The van der Waals surface area contributed by atoms with Crippen LogP contribution in [0.3, 0.4) is 0 Å². The summed E-state index contributed by atoms with van der Waals surface area (Å²) in [7, 11) is 0. The number of aromatic hydroxyl groups is 1. The maximum atomic E-state index is 9.92. The molecule has 0 spiro atoms. The van der Waals surface area contributed by atoms with Crippen molar-refractivity contribution in [2.75, 3.05) is 6.54 Å². The van der Waals surface area contributed by atoms with Crippen molar-refractivity contribution >= 4 is 0 Å². The number of aryl methyl sites for hydroxylation is 1. The van der Waals surface area contributed by atoms with E-state index in [2.05, 4.69) is 32.2 Å². The van der Waals surface area contributed by atoms with Crippen molar-refractivity contribution in [2.45, 2.75) is 52.5 Å². The van der Waals surface area contributed by atoms with Gasteiger partial charge in [0.25, 0.3) is 0 Å². The molecule has 0 aromatic heterocycles. The highest BCUT2D eigenvalue weighted by Gasteiger charge is 2.34. The molecule has 1 aromatic carbocycles. The summed E-state index contributed by atoms with van der Waals surface area (Å²) < 4.78 is 0. The van der Waals surface area contributed by atoms with Gasteiger partial charge in [-0.1, -0.05) is 31.0 Å². The average molecular weight is 247 g/mol. The summed E-state index contributed by atoms with van der Waals surface area (Å²) in [6, 6.07) is 6.04. The van der Waals surface area contributed by atoms with Gasteiger partial charge < -0.3 is 10.4 Å². The molecule has 1 saturated carbocycles. The molecule has 0 bridgehead atoms. The van der Waals surface area contributed by atoms with Crippen LogP contribution >= 0.6 is 0 Å². The van der Waals surface area contributed by atoms with E-state index in [1.54, 1.807) is 6.07 Å². The monoisotopic (exact) mass is 247 g/mol. The topological polar surface area (TPSA) is 32.3 Å². The second kappa shape index (κ2) is 5.31. The molecule has 1 aliphatic rings. The molecule has 1 atom stereocenters. The Bertz CT molecular complexity index is 404. The first-order valence-corrected chi connectivity index (χ1v) is 7.09. The summed E-state index contributed by atoms with van der Waals surface area (Å²) >= 11 is 0. The van der Waals surface area contributed by atoms with Crippen LogP contribution in [0, 0.1) is 12.3 Å². The molecule has 2 rings (SSSR count). The highest BCUT2D eigenvalue weighted by Crippen LogP contribution is 2.43. The zero-order valence-electron chi connectivity index (χ0n) is 11.8. The summed E-state index contributed by atoms with van der Waals surface area (Å²) in [4.78, 5) is 0. The minimum atomic E-state index is 0.217. The van der Waals surface area contributed by atoms with Crippen molar-refractivity contribution < 1.29 is 5.11 Å². The lowest BCUT2D eigenvalue weighted by molar-refractivity contribution is 0.120. The number of benzene rings is 1.